The summed E-state index contributed by atoms with van der Waals surface area (Å²) >= 11 is 1.46. The van der Waals surface area contributed by atoms with Gasteiger partial charge in [0.05, 0.1) is 16.1 Å². The van der Waals surface area contributed by atoms with E-state index in [2.05, 4.69) is 20.8 Å². The minimum Gasteiger partial charge on any atom is -0.333 e. The number of urea groups is 1. The molecule has 0 radical (unpaired) electrons. The van der Waals surface area contributed by atoms with Gasteiger partial charge in [0.1, 0.15) is 0 Å². The summed E-state index contributed by atoms with van der Waals surface area (Å²) in [6.45, 7) is 0. The number of rotatable bonds is 4. The number of aromatic nitrogens is 2. The van der Waals surface area contributed by atoms with E-state index in [4.69, 9.17) is 4.52 Å². The zero-order chi connectivity index (χ0) is 21.1. The highest BCUT2D eigenvalue weighted by molar-refractivity contribution is 7.13. The van der Waals surface area contributed by atoms with E-state index < -0.39 is 17.8 Å². The minimum atomic E-state index is -4.58. The van der Waals surface area contributed by atoms with Gasteiger partial charge >= 0.3 is 12.2 Å². The molecule has 0 aliphatic rings. The molecule has 0 saturated carbocycles. The second-order valence-corrected chi connectivity index (χ2v) is 7.05. The van der Waals surface area contributed by atoms with Gasteiger partial charge in [0.25, 0.3) is 5.89 Å². The molecule has 10 heteroatoms. The molecule has 2 aromatic carbocycles. The number of benzene rings is 2. The van der Waals surface area contributed by atoms with Crippen LogP contribution in [-0.2, 0) is 6.18 Å². The van der Waals surface area contributed by atoms with E-state index in [9.17, 15) is 18.0 Å². The van der Waals surface area contributed by atoms with Crippen molar-refractivity contribution in [2.75, 3.05) is 10.6 Å². The second-order valence-electron chi connectivity index (χ2n) is 6.10. The number of anilines is 2. The molecule has 0 unspecified atom stereocenters. The van der Waals surface area contributed by atoms with Crippen LogP contribution in [0.1, 0.15) is 5.56 Å². The molecule has 30 heavy (non-hydrogen) atoms. The summed E-state index contributed by atoms with van der Waals surface area (Å²) in [5.41, 5.74) is -0.328. The van der Waals surface area contributed by atoms with Crippen LogP contribution in [0.3, 0.4) is 0 Å². The Labute approximate surface area is 172 Å². The molecule has 0 aliphatic heterocycles. The Morgan fingerprint density at radius 3 is 2.60 bits per heavy atom. The van der Waals surface area contributed by atoms with Gasteiger partial charge in [-0.1, -0.05) is 35.5 Å². The molecule has 0 bridgehead atoms. The van der Waals surface area contributed by atoms with Crippen molar-refractivity contribution in [3.8, 4) is 22.2 Å². The van der Waals surface area contributed by atoms with Crippen LogP contribution in [0, 0.1) is 0 Å². The third kappa shape index (κ3) is 4.33. The van der Waals surface area contributed by atoms with E-state index in [1.807, 2.05) is 17.5 Å². The van der Waals surface area contributed by atoms with Crippen LogP contribution in [0.2, 0.25) is 0 Å². The van der Waals surface area contributed by atoms with Gasteiger partial charge in [0.15, 0.2) is 0 Å². The predicted molar refractivity (Wildman–Crippen MR) is 107 cm³/mol. The van der Waals surface area contributed by atoms with Gasteiger partial charge in [-0.2, -0.15) is 18.2 Å². The molecule has 2 amide bonds. The molecule has 0 saturated heterocycles. The monoisotopic (exact) mass is 430 g/mol. The number of amides is 2. The Hall–Kier alpha value is -3.66. The second kappa shape index (κ2) is 7.99. The van der Waals surface area contributed by atoms with Crippen LogP contribution >= 0.6 is 11.3 Å². The van der Waals surface area contributed by atoms with Gasteiger partial charge in [-0.15, -0.1) is 11.3 Å². The number of halogens is 3. The normalized spacial score (nSPS) is 11.3. The van der Waals surface area contributed by atoms with Gasteiger partial charge in [-0.05, 0) is 35.7 Å². The summed E-state index contributed by atoms with van der Waals surface area (Å²) in [5, 5.41) is 10.6. The Morgan fingerprint density at radius 2 is 1.83 bits per heavy atom. The fourth-order valence-corrected chi connectivity index (χ4v) is 3.35. The molecular formula is C20H13F3N4O2S. The SMILES string of the molecule is O=C(Nc1cccc(-c2noc(-c3cccs3)n2)c1)Nc1ccccc1C(F)(F)F. The number of nitrogens with zero attached hydrogens (tertiary/aromatic N) is 2. The van der Waals surface area contributed by atoms with Crippen LogP contribution in [-0.4, -0.2) is 16.2 Å². The molecule has 2 N–H and O–H groups in total. The highest BCUT2D eigenvalue weighted by Gasteiger charge is 2.33. The van der Waals surface area contributed by atoms with Crippen molar-refractivity contribution >= 4 is 28.7 Å². The Balaban J connectivity index is 1.50. The first-order valence-electron chi connectivity index (χ1n) is 8.62. The Kier molecular flexibility index (Phi) is 5.23. The molecule has 152 valence electrons. The first kappa shape index (κ1) is 19.6. The van der Waals surface area contributed by atoms with E-state index in [1.54, 1.807) is 24.3 Å². The third-order valence-corrected chi connectivity index (χ3v) is 4.88. The van der Waals surface area contributed by atoms with Crippen molar-refractivity contribution in [2.24, 2.45) is 0 Å². The number of para-hydroxylation sites is 1. The lowest BCUT2D eigenvalue weighted by Crippen LogP contribution is -2.21. The number of carbonyl (C=O) groups excluding carboxylic acids is 1. The number of thiophene rings is 1. The molecule has 0 fully saturated rings. The van der Waals surface area contributed by atoms with Gasteiger partial charge < -0.3 is 15.2 Å². The fourth-order valence-electron chi connectivity index (χ4n) is 2.70. The smallest absolute Gasteiger partial charge is 0.333 e. The molecule has 4 aromatic rings. The summed E-state index contributed by atoms with van der Waals surface area (Å²) in [5.74, 6) is 0.699. The van der Waals surface area contributed by atoms with Crippen molar-refractivity contribution in [3.63, 3.8) is 0 Å². The van der Waals surface area contributed by atoms with E-state index in [0.717, 1.165) is 10.9 Å². The van der Waals surface area contributed by atoms with Crippen LogP contribution < -0.4 is 10.6 Å². The van der Waals surface area contributed by atoms with Gasteiger partial charge in [0, 0.05) is 11.3 Å². The molecule has 0 spiro atoms. The van der Waals surface area contributed by atoms with E-state index in [1.165, 1.54) is 29.5 Å². The van der Waals surface area contributed by atoms with Crippen molar-refractivity contribution in [2.45, 2.75) is 6.18 Å². The summed E-state index contributed by atoms with van der Waals surface area (Å²) in [7, 11) is 0. The van der Waals surface area contributed by atoms with Crippen LogP contribution in [0.5, 0.6) is 0 Å². The van der Waals surface area contributed by atoms with E-state index in [0.29, 0.717) is 23.0 Å². The number of hydrogen-bond donors (Lipinski definition) is 2. The van der Waals surface area contributed by atoms with E-state index >= 15 is 0 Å². The van der Waals surface area contributed by atoms with Gasteiger partial charge in [-0.25, -0.2) is 4.79 Å². The largest absolute Gasteiger partial charge is 0.418 e. The number of nitrogens with one attached hydrogen (secondary N) is 2. The van der Waals surface area contributed by atoms with Crippen molar-refractivity contribution in [1.29, 1.82) is 0 Å². The highest BCUT2D eigenvalue weighted by Crippen LogP contribution is 2.34. The zero-order valence-electron chi connectivity index (χ0n) is 15.1. The quantitative estimate of drug-likeness (QED) is 0.408. The van der Waals surface area contributed by atoms with Crippen molar-refractivity contribution in [3.05, 3.63) is 71.6 Å². The summed E-state index contributed by atoms with van der Waals surface area (Å²) in [4.78, 5) is 17.4. The average Bonchev–Trinajstić information content (AvgIpc) is 3.39. The molecular weight excluding hydrogens is 417 g/mol. The number of hydrogen-bond acceptors (Lipinski definition) is 5. The Morgan fingerprint density at radius 1 is 1.00 bits per heavy atom. The summed E-state index contributed by atoms with van der Waals surface area (Å²) in [6.07, 6.45) is -4.58. The molecule has 6 nitrogen and oxygen atoms in total. The topological polar surface area (TPSA) is 80.1 Å². The maximum absolute atomic E-state index is 13.1. The first-order chi connectivity index (χ1) is 14.4. The van der Waals surface area contributed by atoms with Crippen LogP contribution in [0.25, 0.3) is 22.2 Å². The molecule has 2 heterocycles. The number of alkyl halides is 3. The molecule has 0 atom stereocenters. The maximum atomic E-state index is 13.1. The lowest BCUT2D eigenvalue weighted by atomic mass is 10.1. The third-order valence-electron chi connectivity index (χ3n) is 4.02. The van der Waals surface area contributed by atoms with Crippen molar-refractivity contribution in [1.82, 2.24) is 10.1 Å². The fraction of sp³-hybridized carbons (Fsp3) is 0.0500. The summed E-state index contributed by atoms with van der Waals surface area (Å²) < 4.78 is 44.5. The average molecular weight is 430 g/mol. The minimum absolute atomic E-state index is 0.324. The summed E-state index contributed by atoms with van der Waals surface area (Å²) in [6, 6.07) is 14.2. The highest BCUT2D eigenvalue weighted by atomic mass is 32.1. The van der Waals surface area contributed by atoms with Crippen molar-refractivity contribution < 1.29 is 22.5 Å². The van der Waals surface area contributed by atoms with Gasteiger partial charge in [-0.3, -0.25) is 0 Å². The lowest BCUT2D eigenvalue weighted by molar-refractivity contribution is -0.136. The molecule has 2 aromatic heterocycles. The maximum Gasteiger partial charge on any atom is 0.418 e. The lowest BCUT2D eigenvalue weighted by Gasteiger charge is -2.14. The van der Waals surface area contributed by atoms with Crippen LogP contribution in [0.15, 0.2) is 70.6 Å². The molecule has 4 rings (SSSR count). The zero-order valence-corrected chi connectivity index (χ0v) is 15.9. The molecule has 0 aliphatic carbocycles. The Bertz CT molecular complexity index is 1170. The number of carbonyl (C=O) groups is 1. The first-order valence-corrected chi connectivity index (χ1v) is 9.50. The van der Waals surface area contributed by atoms with Crippen LogP contribution in [0.4, 0.5) is 29.3 Å². The van der Waals surface area contributed by atoms with Gasteiger partial charge in [0.2, 0.25) is 5.82 Å². The van der Waals surface area contributed by atoms with E-state index in [-0.39, 0.29) is 5.69 Å². The predicted octanol–water partition coefficient (Wildman–Crippen LogP) is 6.13. The standard InChI is InChI=1S/C20H13F3N4O2S/c21-20(22,23)14-7-1-2-8-15(14)25-19(28)24-13-6-3-5-12(11-13)17-26-18(29-27-17)16-9-4-10-30-16/h1-11H,(H2,24,25,28).